The first-order valence-corrected chi connectivity index (χ1v) is 2.27. The van der Waals surface area contributed by atoms with Crippen LogP contribution in [0.25, 0.3) is 0 Å². The third-order valence-electron chi connectivity index (χ3n) is 0.503. The average Bonchev–Trinajstić information content (AvgIpc) is 1.81. The number of ether oxygens (including phenoxy) is 1. The predicted molar refractivity (Wildman–Crippen MR) is 31.1 cm³/mol. The van der Waals surface area contributed by atoms with E-state index in [1.807, 2.05) is 0 Å². The maximum absolute atomic E-state index is 9.64. The van der Waals surface area contributed by atoms with Crippen molar-refractivity contribution in [2.75, 3.05) is 0 Å². The minimum atomic E-state index is 0.397. The average molecular weight is 112 g/mol. The normalized spacial score (nSPS) is 9.00. The lowest BCUT2D eigenvalue weighted by molar-refractivity contribution is -0.107. The second-order valence-corrected chi connectivity index (χ2v) is 1.08. The Labute approximate surface area is 48.5 Å². The first-order valence-electron chi connectivity index (χ1n) is 2.27. The van der Waals surface area contributed by atoms with E-state index < -0.39 is 0 Å². The number of rotatable bonds is 4. The maximum Gasteiger partial charge on any atom is 0.123 e. The Hall–Kier alpha value is -1.05. The van der Waals surface area contributed by atoms with Gasteiger partial charge in [-0.15, -0.1) is 0 Å². The molecule has 0 aromatic carbocycles. The van der Waals surface area contributed by atoms with E-state index in [0.29, 0.717) is 6.42 Å². The third-order valence-corrected chi connectivity index (χ3v) is 0.503. The Morgan fingerprint density at radius 2 is 2.38 bits per heavy atom. The summed E-state index contributed by atoms with van der Waals surface area (Å²) < 4.78 is 4.56. The third kappa shape index (κ3) is 4.95. The zero-order valence-corrected chi connectivity index (χ0v) is 4.54. The van der Waals surface area contributed by atoms with Gasteiger partial charge in [0.1, 0.15) is 6.29 Å². The summed E-state index contributed by atoms with van der Waals surface area (Å²) in [5, 5.41) is 0. The summed E-state index contributed by atoms with van der Waals surface area (Å²) in [6.07, 6.45) is 5.51. The molecular formula is C6H8O2. The van der Waals surface area contributed by atoms with Crippen LogP contribution >= 0.6 is 0 Å². The lowest BCUT2D eigenvalue weighted by atomic mass is 10.5. The Kier molecular flexibility index (Phi) is 5.17. The molecule has 0 rings (SSSR count). The first-order chi connectivity index (χ1) is 3.91. The van der Waals surface area contributed by atoms with Crippen LogP contribution in [0, 0.1) is 0 Å². The lowest BCUT2D eigenvalue weighted by Crippen LogP contribution is -1.66. The van der Waals surface area contributed by atoms with Gasteiger partial charge in [-0.3, -0.25) is 0 Å². The Bertz CT molecular complexity index is 82.7. The quantitative estimate of drug-likeness (QED) is 0.404. The van der Waals surface area contributed by atoms with Crippen LogP contribution in [0.2, 0.25) is 0 Å². The summed E-state index contributed by atoms with van der Waals surface area (Å²) in [6, 6.07) is 0. The summed E-state index contributed by atoms with van der Waals surface area (Å²) in [7, 11) is 0. The Morgan fingerprint density at radius 3 is 2.88 bits per heavy atom. The minimum Gasteiger partial charge on any atom is -0.474 e. The predicted octanol–water partition coefficient (Wildman–Crippen LogP) is 1.25. The molecule has 0 saturated carbocycles. The molecule has 0 bridgehead atoms. The van der Waals surface area contributed by atoms with E-state index in [1.54, 1.807) is 6.08 Å². The second-order valence-electron chi connectivity index (χ2n) is 1.08. The Morgan fingerprint density at radius 1 is 1.62 bits per heavy atom. The van der Waals surface area contributed by atoms with Crippen LogP contribution < -0.4 is 0 Å². The van der Waals surface area contributed by atoms with Crippen molar-refractivity contribution >= 4 is 6.29 Å². The van der Waals surface area contributed by atoms with E-state index in [0.717, 1.165) is 6.29 Å². The molecule has 0 aliphatic rings. The number of aldehydes is 1. The van der Waals surface area contributed by atoms with E-state index in [2.05, 4.69) is 11.3 Å². The number of hydrogen-bond acceptors (Lipinski definition) is 2. The fourth-order valence-electron chi connectivity index (χ4n) is 0.222. The number of carbonyl (C=O) groups is 1. The largest absolute Gasteiger partial charge is 0.474 e. The van der Waals surface area contributed by atoms with Crippen LogP contribution in [-0.2, 0) is 9.53 Å². The summed E-state index contributed by atoms with van der Waals surface area (Å²) in [6.45, 7) is 3.30. The Balaban J connectivity index is 3.06. The van der Waals surface area contributed by atoms with Gasteiger partial charge in [0.15, 0.2) is 0 Å². The highest BCUT2D eigenvalue weighted by Gasteiger charge is 1.68. The van der Waals surface area contributed by atoms with E-state index in [-0.39, 0.29) is 0 Å². The second kappa shape index (κ2) is 5.95. The topological polar surface area (TPSA) is 26.3 Å². The number of carbonyl (C=O) groups excluding carboxylic acids is 1. The monoisotopic (exact) mass is 112 g/mol. The zero-order chi connectivity index (χ0) is 6.24. The van der Waals surface area contributed by atoms with Crippen molar-refractivity contribution in [3.63, 3.8) is 0 Å². The molecular weight excluding hydrogens is 104 g/mol. The van der Waals surface area contributed by atoms with Crippen molar-refractivity contribution in [3.05, 3.63) is 25.2 Å². The molecule has 0 aliphatic carbocycles. The fourth-order valence-corrected chi connectivity index (χ4v) is 0.222. The van der Waals surface area contributed by atoms with Crippen LogP contribution in [0.15, 0.2) is 25.2 Å². The van der Waals surface area contributed by atoms with Gasteiger partial charge in [-0.2, -0.15) is 0 Å². The molecule has 0 fully saturated rings. The molecule has 0 amide bonds. The summed E-state index contributed by atoms with van der Waals surface area (Å²) in [5.74, 6) is 0. The van der Waals surface area contributed by atoms with Crippen molar-refractivity contribution < 1.29 is 9.53 Å². The van der Waals surface area contributed by atoms with Gasteiger partial charge in [-0.1, -0.05) is 6.58 Å². The molecule has 0 spiro atoms. The van der Waals surface area contributed by atoms with Gasteiger partial charge in [0.2, 0.25) is 0 Å². The molecule has 0 N–H and O–H groups in total. The highest BCUT2D eigenvalue weighted by atomic mass is 16.5. The summed E-state index contributed by atoms with van der Waals surface area (Å²) >= 11 is 0. The minimum absolute atomic E-state index is 0.397. The van der Waals surface area contributed by atoms with Crippen LogP contribution in [0.1, 0.15) is 6.42 Å². The molecule has 2 nitrogen and oxygen atoms in total. The van der Waals surface area contributed by atoms with Gasteiger partial charge in [-0.05, 0) is 6.08 Å². The molecule has 8 heavy (non-hydrogen) atoms. The van der Waals surface area contributed by atoms with E-state index in [9.17, 15) is 4.79 Å². The molecule has 0 aliphatic heterocycles. The molecule has 0 saturated heterocycles. The zero-order valence-electron chi connectivity index (χ0n) is 4.54. The van der Waals surface area contributed by atoms with E-state index in [4.69, 9.17) is 0 Å². The van der Waals surface area contributed by atoms with Crippen LogP contribution in [-0.4, -0.2) is 6.29 Å². The number of allylic oxidation sites excluding steroid dienone is 1. The van der Waals surface area contributed by atoms with Crippen molar-refractivity contribution in [1.82, 2.24) is 0 Å². The summed E-state index contributed by atoms with van der Waals surface area (Å²) in [4.78, 5) is 9.64. The first kappa shape index (κ1) is 6.95. The molecule has 2 heteroatoms. The van der Waals surface area contributed by atoms with Crippen molar-refractivity contribution in [2.45, 2.75) is 6.42 Å². The highest BCUT2D eigenvalue weighted by molar-refractivity contribution is 5.51. The van der Waals surface area contributed by atoms with E-state index in [1.165, 1.54) is 12.5 Å². The van der Waals surface area contributed by atoms with Crippen molar-refractivity contribution in [3.8, 4) is 0 Å². The van der Waals surface area contributed by atoms with Crippen molar-refractivity contribution in [2.24, 2.45) is 0 Å². The molecule has 0 aromatic rings. The van der Waals surface area contributed by atoms with Gasteiger partial charge in [-0.25, -0.2) is 0 Å². The van der Waals surface area contributed by atoms with Gasteiger partial charge in [0.25, 0.3) is 0 Å². The van der Waals surface area contributed by atoms with Gasteiger partial charge >= 0.3 is 0 Å². The van der Waals surface area contributed by atoms with Gasteiger partial charge in [0.05, 0.1) is 12.5 Å². The molecule has 0 radical (unpaired) electrons. The standard InChI is InChI=1S/C6H8O2/c1-2-8-6-4-3-5-7/h2,4-6H,1,3H2/b6-4-. The SMILES string of the molecule is C=CO/C=C\CC=O. The van der Waals surface area contributed by atoms with Gasteiger partial charge < -0.3 is 9.53 Å². The summed E-state index contributed by atoms with van der Waals surface area (Å²) in [5.41, 5.74) is 0. The molecule has 0 aromatic heterocycles. The molecule has 44 valence electrons. The smallest absolute Gasteiger partial charge is 0.123 e. The molecule has 0 heterocycles. The number of hydrogen-bond donors (Lipinski definition) is 0. The molecule has 0 unspecified atom stereocenters. The van der Waals surface area contributed by atoms with Gasteiger partial charge in [0, 0.05) is 6.42 Å². The fraction of sp³-hybridized carbons (Fsp3) is 0.167. The highest BCUT2D eigenvalue weighted by Crippen LogP contribution is 1.79. The van der Waals surface area contributed by atoms with Crippen LogP contribution in [0.5, 0.6) is 0 Å². The van der Waals surface area contributed by atoms with Crippen LogP contribution in [0.3, 0.4) is 0 Å². The molecule has 0 atom stereocenters. The van der Waals surface area contributed by atoms with E-state index >= 15 is 0 Å². The van der Waals surface area contributed by atoms with Crippen LogP contribution in [0.4, 0.5) is 0 Å². The van der Waals surface area contributed by atoms with Crippen molar-refractivity contribution in [1.29, 1.82) is 0 Å². The maximum atomic E-state index is 9.64. The lowest BCUT2D eigenvalue weighted by Gasteiger charge is -1.82.